The van der Waals surface area contributed by atoms with Gasteiger partial charge in [-0.3, -0.25) is 0 Å². The van der Waals surface area contributed by atoms with Gasteiger partial charge in [-0.25, -0.2) is 9.59 Å². The van der Waals surface area contributed by atoms with E-state index in [-0.39, 0.29) is 6.03 Å². The number of rotatable bonds is 4. The summed E-state index contributed by atoms with van der Waals surface area (Å²) in [7, 11) is 0. The molecule has 5 nitrogen and oxygen atoms in total. The molecule has 0 radical (unpaired) electrons. The molecule has 0 fully saturated rings. The molecular weight excluding hydrogens is 276 g/mol. The summed E-state index contributed by atoms with van der Waals surface area (Å²) in [4.78, 5) is 24.9. The van der Waals surface area contributed by atoms with Crippen LogP contribution in [-0.4, -0.2) is 46.6 Å². The van der Waals surface area contributed by atoms with Crippen LogP contribution < -0.4 is 5.32 Å². The van der Waals surface area contributed by atoms with Crippen molar-refractivity contribution in [2.24, 2.45) is 0 Å². The second-order valence-electron chi connectivity index (χ2n) is 4.68. The molecule has 20 heavy (non-hydrogen) atoms. The summed E-state index contributed by atoms with van der Waals surface area (Å²) in [5.41, 5.74) is 2.03. The van der Waals surface area contributed by atoms with E-state index in [0.29, 0.717) is 19.5 Å². The summed E-state index contributed by atoms with van der Waals surface area (Å²) in [5.74, 6) is -0.145. The Morgan fingerprint density at radius 1 is 1.40 bits per heavy atom. The number of nitrogens with zero attached hydrogens (tertiary/aromatic N) is 1. The smallest absolute Gasteiger partial charge is 0.326 e. The summed E-state index contributed by atoms with van der Waals surface area (Å²) >= 11 is 1.64. The minimum Gasteiger partial charge on any atom is -0.480 e. The first-order valence-corrected chi connectivity index (χ1v) is 7.86. The molecule has 2 amide bonds. The van der Waals surface area contributed by atoms with Gasteiger partial charge in [0.25, 0.3) is 0 Å². The molecule has 0 saturated carbocycles. The lowest BCUT2D eigenvalue weighted by molar-refractivity contribution is -0.142. The molecule has 1 unspecified atom stereocenters. The standard InChI is InChI=1S/C14H18N2O3S/c1-20-7-6-15-14(19)16-9-11-5-3-2-4-10(11)8-12(16)13(17)18/h2-5,12H,6-9H2,1H3,(H,15,19)(H,17,18). The predicted molar refractivity (Wildman–Crippen MR) is 78.9 cm³/mol. The molecule has 0 aromatic heterocycles. The van der Waals surface area contributed by atoms with Crippen LogP contribution in [0.4, 0.5) is 4.79 Å². The molecule has 1 atom stereocenters. The number of carbonyl (C=O) groups excluding carboxylic acids is 1. The highest BCUT2D eigenvalue weighted by atomic mass is 32.2. The molecule has 1 aromatic carbocycles. The number of thioether (sulfide) groups is 1. The van der Waals surface area contributed by atoms with Crippen molar-refractivity contribution in [2.75, 3.05) is 18.6 Å². The van der Waals surface area contributed by atoms with Crippen LogP contribution in [0.3, 0.4) is 0 Å². The van der Waals surface area contributed by atoms with E-state index < -0.39 is 12.0 Å². The van der Waals surface area contributed by atoms with Crippen molar-refractivity contribution in [1.29, 1.82) is 0 Å². The number of fused-ring (bicyclic) bond motifs is 1. The number of amides is 2. The molecule has 2 N–H and O–H groups in total. The molecule has 108 valence electrons. The number of carbonyl (C=O) groups is 2. The average Bonchev–Trinajstić information content (AvgIpc) is 2.46. The van der Waals surface area contributed by atoms with Crippen LogP contribution in [0.15, 0.2) is 24.3 Å². The number of aliphatic carboxylic acids is 1. The molecule has 0 bridgehead atoms. The second kappa shape index (κ2) is 6.65. The summed E-state index contributed by atoms with van der Waals surface area (Å²) in [6, 6.07) is 6.57. The van der Waals surface area contributed by atoms with E-state index in [1.807, 2.05) is 30.5 Å². The lowest BCUT2D eigenvalue weighted by atomic mass is 9.94. The van der Waals surface area contributed by atoms with E-state index in [1.165, 1.54) is 4.90 Å². The Balaban J connectivity index is 2.13. The maximum atomic E-state index is 12.1. The molecule has 0 spiro atoms. The topological polar surface area (TPSA) is 69.6 Å². The number of hydrogen-bond acceptors (Lipinski definition) is 3. The molecule has 1 heterocycles. The quantitative estimate of drug-likeness (QED) is 0.827. The number of carboxylic acids is 1. The Hall–Kier alpha value is -1.69. The first-order chi connectivity index (χ1) is 9.63. The van der Waals surface area contributed by atoms with Gasteiger partial charge < -0.3 is 15.3 Å². The first kappa shape index (κ1) is 14.7. The van der Waals surface area contributed by atoms with Crippen LogP contribution >= 0.6 is 11.8 Å². The third kappa shape index (κ3) is 3.25. The van der Waals surface area contributed by atoms with Crippen LogP contribution in [-0.2, 0) is 17.8 Å². The lowest BCUT2D eigenvalue weighted by Gasteiger charge is -2.34. The van der Waals surface area contributed by atoms with E-state index in [1.54, 1.807) is 11.8 Å². The molecule has 2 rings (SSSR count). The predicted octanol–water partition coefficient (Wildman–Crippen LogP) is 1.57. The van der Waals surface area contributed by atoms with Crippen molar-refractivity contribution in [3.8, 4) is 0 Å². The highest BCUT2D eigenvalue weighted by Crippen LogP contribution is 2.23. The van der Waals surface area contributed by atoms with Gasteiger partial charge in [-0.05, 0) is 17.4 Å². The third-order valence-electron chi connectivity index (χ3n) is 3.38. The minimum atomic E-state index is -0.959. The Kier molecular flexibility index (Phi) is 4.89. The van der Waals surface area contributed by atoms with Crippen molar-refractivity contribution in [2.45, 2.75) is 19.0 Å². The largest absolute Gasteiger partial charge is 0.480 e. The zero-order chi connectivity index (χ0) is 14.5. The lowest BCUT2D eigenvalue weighted by Crippen LogP contribution is -2.52. The maximum absolute atomic E-state index is 12.1. The molecule has 1 aliphatic heterocycles. The van der Waals surface area contributed by atoms with Crippen LogP contribution in [0.2, 0.25) is 0 Å². The molecule has 6 heteroatoms. The normalized spacial score (nSPS) is 17.4. The van der Waals surface area contributed by atoms with Gasteiger partial charge in [-0.15, -0.1) is 0 Å². The fourth-order valence-corrected chi connectivity index (χ4v) is 2.62. The van der Waals surface area contributed by atoms with Gasteiger partial charge >= 0.3 is 12.0 Å². The fraction of sp³-hybridized carbons (Fsp3) is 0.429. The highest BCUT2D eigenvalue weighted by molar-refractivity contribution is 7.98. The number of benzene rings is 1. The second-order valence-corrected chi connectivity index (χ2v) is 5.67. The van der Waals surface area contributed by atoms with Gasteiger partial charge in [0.2, 0.25) is 0 Å². The van der Waals surface area contributed by atoms with Crippen molar-refractivity contribution >= 4 is 23.8 Å². The summed E-state index contributed by atoms with van der Waals surface area (Å²) in [6.45, 7) is 0.892. The van der Waals surface area contributed by atoms with Gasteiger partial charge in [0.1, 0.15) is 6.04 Å². The highest BCUT2D eigenvalue weighted by Gasteiger charge is 2.34. The molecule has 1 aliphatic rings. The van der Waals surface area contributed by atoms with E-state index >= 15 is 0 Å². The van der Waals surface area contributed by atoms with Gasteiger partial charge in [0.15, 0.2) is 0 Å². The zero-order valence-corrected chi connectivity index (χ0v) is 12.2. The van der Waals surface area contributed by atoms with E-state index in [4.69, 9.17) is 0 Å². The number of carboxylic acid groups (broad SMARTS) is 1. The van der Waals surface area contributed by atoms with Crippen LogP contribution in [0.5, 0.6) is 0 Å². The van der Waals surface area contributed by atoms with E-state index in [2.05, 4.69) is 5.32 Å². The summed E-state index contributed by atoms with van der Waals surface area (Å²) < 4.78 is 0. The summed E-state index contributed by atoms with van der Waals surface area (Å²) in [5, 5.41) is 12.1. The monoisotopic (exact) mass is 294 g/mol. The zero-order valence-electron chi connectivity index (χ0n) is 11.3. The molecular formula is C14H18N2O3S. The van der Waals surface area contributed by atoms with Crippen LogP contribution in [0, 0.1) is 0 Å². The molecule has 1 aromatic rings. The SMILES string of the molecule is CSCCNC(=O)N1Cc2ccccc2CC1C(=O)O. The van der Waals surface area contributed by atoms with Crippen LogP contribution in [0.25, 0.3) is 0 Å². The van der Waals surface area contributed by atoms with Crippen molar-refractivity contribution < 1.29 is 14.7 Å². The Bertz CT molecular complexity index is 507. The van der Waals surface area contributed by atoms with E-state index in [0.717, 1.165) is 16.9 Å². The van der Waals surface area contributed by atoms with Gasteiger partial charge in [0, 0.05) is 25.3 Å². The molecule has 0 aliphatic carbocycles. The minimum absolute atomic E-state index is 0.305. The Labute approximate surface area is 122 Å². The van der Waals surface area contributed by atoms with Crippen LogP contribution in [0.1, 0.15) is 11.1 Å². The van der Waals surface area contributed by atoms with E-state index in [9.17, 15) is 14.7 Å². The molecule has 0 saturated heterocycles. The Morgan fingerprint density at radius 3 is 2.75 bits per heavy atom. The van der Waals surface area contributed by atoms with Crippen molar-refractivity contribution in [3.05, 3.63) is 35.4 Å². The number of nitrogens with one attached hydrogen (secondary N) is 1. The third-order valence-corrected chi connectivity index (χ3v) is 3.99. The van der Waals surface area contributed by atoms with Gasteiger partial charge in [-0.1, -0.05) is 24.3 Å². The average molecular weight is 294 g/mol. The number of urea groups is 1. The summed E-state index contributed by atoms with van der Waals surface area (Å²) in [6.07, 6.45) is 2.32. The maximum Gasteiger partial charge on any atom is 0.326 e. The van der Waals surface area contributed by atoms with Crippen molar-refractivity contribution in [3.63, 3.8) is 0 Å². The Morgan fingerprint density at radius 2 is 2.10 bits per heavy atom. The van der Waals surface area contributed by atoms with Gasteiger partial charge in [-0.2, -0.15) is 11.8 Å². The van der Waals surface area contributed by atoms with Gasteiger partial charge in [0.05, 0.1) is 0 Å². The number of hydrogen-bond donors (Lipinski definition) is 2. The van der Waals surface area contributed by atoms with Crippen molar-refractivity contribution in [1.82, 2.24) is 10.2 Å². The fourth-order valence-electron chi connectivity index (χ4n) is 2.32. The first-order valence-electron chi connectivity index (χ1n) is 6.46.